The average molecular weight is 311 g/mol. The number of nitrogens with one attached hydrogen (secondary N) is 2. The molecule has 0 radical (unpaired) electrons. The largest absolute Gasteiger partial charge is 0.354 e. The summed E-state index contributed by atoms with van der Waals surface area (Å²) < 4.78 is 0. The van der Waals surface area contributed by atoms with E-state index in [0.29, 0.717) is 12.1 Å². The van der Waals surface area contributed by atoms with E-state index >= 15 is 0 Å². The number of nitrogens with zero attached hydrogens (tertiary/aromatic N) is 2. The number of thiophene rings is 1. The quantitative estimate of drug-likeness (QED) is 0.572. The van der Waals surface area contributed by atoms with E-state index < -0.39 is 0 Å². The summed E-state index contributed by atoms with van der Waals surface area (Å²) >= 11 is 1.76. The van der Waals surface area contributed by atoms with Gasteiger partial charge in [0.2, 0.25) is 0 Å². The molecule has 0 fully saturated rings. The summed E-state index contributed by atoms with van der Waals surface area (Å²) in [5.41, 5.74) is 1.38. The van der Waals surface area contributed by atoms with Crippen molar-refractivity contribution in [1.82, 2.24) is 15.5 Å². The van der Waals surface area contributed by atoms with E-state index in [1.807, 2.05) is 7.05 Å². The van der Waals surface area contributed by atoms with Crippen LogP contribution in [0.15, 0.2) is 21.8 Å². The molecule has 1 rings (SSSR count). The molecular weight excluding hydrogens is 280 g/mol. The Hall–Kier alpha value is -1.07. The van der Waals surface area contributed by atoms with E-state index in [4.69, 9.17) is 0 Å². The topological polar surface area (TPSA) is 39.7 Å². The van der Waals surface area contributed by atoms with Gasteiger partial charge in [-0.15, -0.1) is 0 Å². The lowest BCUT2D eigenvalue weighted by molar-refractivity contribution is 0.219. The van der Waals surface area contributed by atoms with Crippen LogP contribution in [-0.2, 0) is 0 Å². The number of hydrogen-bond acceptors (Lipinski definition) is 3. The first-order chi connectivity index (χ1) is 10.2. The molecule has 0 bridgehead atoms. The molecule has 0 aliphatic heterocycles. The zero-order valence-corrected chi connectivity index (χ0v) is 14.8. The summed E-state index contributed by atoms with van der Waals surface area (Å²) in [6.07, 6.45) is 1.09. The Morgan fingerprint density at radius 3 is 2.52 bits per heavy atom. The van der Waals surface area contributed by atoms with E-state index in [-0.39, 0.29) is 0 Å². The molecule has 0 aliphatic rings. The third-order valence-corrected chi connectivity index (χ3v) is 4.56. The number of rotatable bonds is 8. The van der Waals surface area contributed by atoms with Crippen molar-refractivity contribution in [2.45, 2.75) is 46.2 Å². The van der Waals surface area contributed by atoms with Gasteiger partial charge in [-0.25, -0.2) is 0 Å². The Labute approximate surface area is 133 Å². The van der Waals surface area contributed by atoms with Crippen molar-refractivity contribution in [1.29, 1.82) is 0 Å². The molecule has 1 aromatic heterocycles. The highest BCUT2D eigenvalue weighted by molar-refractivity contribution is 7.07. The number of guanidine groups is 1. The summed E-state index contributed by atoms with van der Waals surface area (Å²) in [6, 6.07) is 3.05. The van der Waals surface area contributed by atoms with Crippen LogP contribution in [0.5, 0.6) is 0 Å². The second kappa shape index (κ2) is 9.79. The summed E-state index contributed by atoms with van der Waals surface area (Å²) in [4.78, 5) is 6.80. The number of hydrogen-bond donors (Lipinski definition) is 2. The van der Waals surface area contributed by atoms with Gasteiger partial charge in [0, 0.05) is 19.6 Å². The minimum absolute atomic E-state index is 0.390. The normalized spacial score (nSPS) is 15.0. The molecule has 2 N–H and O–H groups in total. The van der Waals surface area contributed by atoms with Gasteiger partial charge < -0.3 is 10.6 Å². The van der Waals surface area contributed by atoms with E-state index in [2.05, 4.69) is 65.0 Å². The van der Waals surface area contributed by atoms with Gasteiger partial charge in [-0.2, -0.15) is 11.3 Å². The van der Waals surface area contributed by atoms with Crippen LogP contribution in [0.1, 0.15) is 45.7 Å². The third kappa shape index (κ3) is 5.67. The highest BCUT2D eigenvalue weighted by Gasteiger charge is 2.18. The lowest BCUT2D eigenvalue weighted by Gasteiger charge is -2.30. The van der Waals surface area contributed by atoms with Gasteiger partial charge in [0.25, 0.3) is 0 Å². The van der Waals surface area contributed by atoms with Gasteiger partial charge >= 0.3 is 0 Å². The molecule has 4 nitrogen and oxygen atoms in total. The molecule has 2 atom stereocenters. The van der Waals surface area contributed by atoms with Gasteiger partial charge in [0.05, 0.1) is 6.04 Å². The Balaban J connectivity index is 2.69. The monoisotopic (exact) mass is 310 g/mol. The molecule has 0 aromatic carbocycles. The lowest BCUT2D eigenvalue weighted by Crippen LogP contribution is -2.45. The highest BCUT2D eigenvalue weighted by Crippen LogP contribution is 2.22. The maximum atomic E-state index is 4.32. The SMILES string of the molecule is CCC(C)NC(=NC)NCC(c1ccsc1)N(CC)CC. The van der Waals surface area contributed by atoms with Gasteiger partial charge in [0.15, 0.2) is 5.96 Å². The van der Waals surface area contributed by atoms with E-state index in [9.17, 15) is 0 Å². The molecular formula is C16H30N4S. The van der Waals surface area contributed by atoms with Gasteiger partial charge in [-0.3, -0.25) is 9.89 Å². The zero-order chi connectivity index (χ0) is 15.7. The molecule has 0 saturated carbocycles. The first kappa shape index (κ1) is 18.0. The van der Waals surface area contributed by atoms with E-state index in [0.717, 1.165) is 32.0 Å². The predicted octanol–water partition coefficient (Wildman–Crippen LogP) is 3.09. The van der Waals surface area contributed by atoms with E-state index in [1.54, 1.807) is 11.3 Å². The van der Waals surface area contributed by atoms with Crippen LogP contribution in [0.3, 0.4) is 0 Å². The fourth-order valence-electron chi connectivity index (χ4n) is 2.31. The van der Waals surface area contributed by atoms with E-state index in [1.165, 1.54) is 5.56 Å². The van der Waals surface area contributed by atoms with Crippen molar-refractivity contribution in [3.63, 3.8) is 0 Å². The van der Waals surface area contributed by atoms with Gasteiger partial charge in [-0.05, 0) is 48.8 Å². The lowest BCUT2D eigenvalue weighted by atomic mass is 10.1. The van der Waals surface area contributed by atoms with Crippen molar-refractivity contribution in [2.75, 3.05) is 26.7 Å². The van der Waals surface area contributed by atoms with Crippen LogP contribution in [0.25, 0.3) is 0 Å². The predicted molar refractivity (Wildman–Crippen MR) is 94.2 cm³/mol. The highest BCUT2D eigenvalue weighted by atomic mass is 32.1. The molecule has 0 amide bonds. The molecule has 1 aromatic rings. The summed E-state index contributed by atoms with van der Waals surface area (Å²) in [6.45, 7) is 11.8. The molecule has 1 heterocycles. The van der Waals surface area contributed by atoms with Crippen LogP contribution in [0, 0.1) is 0 Å². The van der Waals surface area contributed by atoms with Crippen LogP contribution < -0.4 is 10.6 Å². The summed E-state index contributed by atoms with van der Waals surface area (Å²) in [7, 11) is 1.83. The Morgan fingerprint density at radius 2 is 2.05 bits per heavy atom. The first-order valence-corrected chi connectivity index (χ1v) is 8.83. The molecule has 2 unspecified atom stereocenters. The second-order valence-electron chi connectivity index (χ2n) is 5.20. The fourth-order valence-corrected chi connectivity index (χ4v) is 3.02. The van der Waals surface area contributed by atoms with Crippen LogP contribution in [-0.4, -0.2) is 43.6 Å². The Bertz CT molecular complexity index is 398. The third-order valence-electron chi connectivity index (χ3n) is 3.86. The van der Waals surface area contributed by atoms with Crippen molar-refractivity contribution in [3.8, 4) is 0 Å². The maximum absolute atomic E-state index is 4.32. The fraction of sp³-hybridized carbons (Fsp3) is 0.688. The Kier molecular flexibility index (Phi) is 8.38. The van der Waals surface area contributed by atoms with Crippen LogP contribution in [0.4, 0.5) is 0 Å². The summed E-state index contributed by atoms with van der Waals surface area (Å²) in [5, 5.41) is 11.3. The smallest absolute Gasteiger partial charge is 0.191 e. The van der Waals surface area contributed by atoms with Crippen molar-refractivity contribution < 1.29 is 0 Å². The average Bonchev–Trinajstić information content (AvgIpc) is 3.03. The molecule has 0 saturated heterocycles. The van der Waals surface area contributed by atoms with Crippen molar-refractivity contribution in [3.05, 3.63) is 22.4 Å². The minimum atomic E-state index is 0.390. The second-order valence-corrected chi connectivity index (χ2v) is 5.98. The summed E-state index contributed by atoms with van der Waals surface area (Å²) in [5.74, 6) is 0.886. The van der Waals surface area contributed by atoms with Crippen LogP contribution >= 0.6 is 11.3 Å². The van der Waals surface area contributed by atoms with Gasteiger partial charge in [-0.1, -0.05) is 20.8 Å². The maximum Gasteiger partial charge on any atom is 0.191 e. The van der Waals surface area contributed by atoms with Gasteiger partial charge in [0.1, 0.15) is 0 Å². The van der Waals surface area contributed by atoms with Crippen molar-refractivity contribution in [2.24, 2.45) is 4.99 Å². The molecule has 120 valence electrons. The Morgan fingerprint density at radius 1 is 1.33 bits per heavy atom. The molecule has 21 heavy (non-hydrogen) atoms. The molecule has 5 heteroatoms. The van der Waals surface area contributed by atoms with Crippen LogP contribution in [0.2, 0.25) is 0 Å². The number of likely N-dealkylation sites (N-methyl/N-ethyl adjacent to an activating group) is 1. The van der Waals surface area contributed by atoms with Crippen molar-refractivity contribution >= 4 is 17.3 Å². The minimum Gasteiger partial charge on any atom is -0.354 e. The first-order valence-electron chi connectivity index (χ1n) is 7.89. The number of aliphatic imine (C=N–C) groups is 1. The zero-order valence-electron chi connectivity index (χ0n) is 14.0. The standard InChI is InChI=1S/C16H30N4S/c1-6-13(4)19-16(17-5)18-11-15(20(7-2)8-3)14-9-10-21-12-14/h9-10,12-13,15H,6-8,11H2,1-5H3,(H2,17,18,19). The molecule has 0 spiro atoms. The molecule has 0 aliphatic carbocycles.